The predicted octanol–water partition coefficient (Wildman–Crippen LogP) is 0.574. The van der Waals surface area contributed by atoms with Gasteiger partial charge in [0, 0.05) is 0 Å². The Bertz CT molecular complexity index is 368. The average molecular weight is 213 g/mol. The summed E-state index contributed by atoms with van der Waals surface area (Å²) in [7, 11) is 1.24. The lowest BCUT2D eigenvalue weighted by molar-refractivity contribution is -0.142. The number of carbonyl (C=O) groups excluding carboxylic acids is 1. The Morgan fingerprint density at radius 1 is 1.67 bits per heavy atom. The normalized spacial score (nSPS) is 12.2. The summed E-state index contributed by atoms with van der Waals surface area (Å²) >= 11 is 0. The molecule has 82 valence electrons. The van der Waals surface area contributed by atoms with E-state index in [1.165, 1.54) is 19.2 Å². The van der Waals surface area contributed by atoms with Crippen LogP contribution in [-0.4, -0.2) is 24.2 Å². The molecule has 0 aliphatic heterocycles. The molecule has 4 nitrogen and oxygen atoms in total. The molecule has 5 heteroatoms. The van der Waals surface area contributed by atoms with Gasteiger partial charge in [-0.2, -0.15) is 0 Å². The number of phenolic OH excluding ortho intramolecular Hbond substituents is 1. The van der Waals surface area contributed by atoms with Crippen LogP contribution in [0.3, 0.4) is 0 Å². The predicted molar refractivity (Wildman–Crippen MR) is 51.8 cm³/mol. The first-order chi connectivity index (χ1) is 7.04. The van der Waals surface area contributed by atoms with Gasteiger partial charge < -0.3 is 15.6 Å². The molecule has 1 rings (SSSR count). The van der Waals surface area contributed by atoms with Crippen LogP contribution < -0.4 is 5.73 Å². The number of halogens is 1. The molecular weight excluding hydrogens is 201 g/mol. The first-order valence-corrected chi connectivity index (χ1v) is 4.35. The number of aromatic hydroxyl groups is 1. The zero-order chi connectivity index (χ0) is 11.4. The molecule has 0 radical (unpaired) electrons. The van der Waals surface area contributed by atoms with Gasteiger partial charge in [-0.3, -0.25) is 4.79 Å². The van der Waals surface area contributed by atoms with Crippen molar-refractivity contribution in [3.63, 3.8) is 0 Å². The molecule has 0 saturated heterocycles. The summed E-state index contributed by atoms with van der Waals surface area (Å²) in [5.41, 5.74) is 6.07. The van der Waals surface area contributed by atoms with Gasteiger partial charge in [-0.25, -0.2) is 4.39 Å². The summed E-state index contributed by atoms with van der Waals surface area (Å²) in [6.45, 7) is 0. The van der Waals surface area contributed by atoms with Crippen LogP contribution >= 0.6 is 0 Å². The van der Waals surface area contributed by atoms with Gasteiger partial charge >= 0.3 is 5.97 Å². The quantitative estimate of drug-likeness (QED) is 0.720. The van der Waals surface area contributed by atoms with E-state index in [4.69, 9.17) is 10.8 Å². The van der Waals surface area contributed by atoms with E-state index in [1.807, 2.05) is 0 Å². The lowest BCUT2D eigenvalue weighted by atomic mass is 10.1. The van der Waals surface area contributed by atoms with Gasteiger partial charge in [-0.1, -0.05) is 6.07 Å². The van der Waals surface area contributed by atoms with Crippen molar-refractivity contribution < 1.29 is 19.0 Å². The Balaban J connectivity index is 2.73. The van der Waals surface area contributed by atoms with Crippen LogP contribution in [0.1, 0.15) is 5.56 Å². The number of hydrogen-bond acceptors (Lipinski definition) is 4. The van der Waals surface area contributed by atoms with Gasteiger partial charge in [0.1, 0.15) is 6.04 Å². The molecule has 0 bridgehead atoms. The lowest BCUT2D eigenvalue weighted by Gasteiger charge is -2.09. The molecule has 0 fully saturated rings. The molecule has 0 saturated carbocycles. The fourth-order valence-electron chi connectivity index (χ4n) is 1.17. The molecule has 3 N–H and O–H groups in total. The van der Waals surface area contributed by atoms with Crippen LogP contribution in [0.5, 0.6) is 5.75 Å². The van der Waals surface area contributed by atoms with Crippen LogP contribution in [0.25, 0.3) is 0 Å². The maximum atomic E-state index is 12.7. The Hall–Kier alpha value is -1.62. The average Bonchev–Trinajstić information content (AvgIpc) is 2.22. The maximum Gasteiger partial charge on any atom is 0.322 e. The van der Waals surface area contributed by atoms with Crippen molar-refractivity contribution in [3.05, 3.63) is 29.6 Å². The Morgan fingerprint density at radius 2 is 2.33 bits per heavy atom. The van der Waals surface area contributed by atoms with Crippen LogP contribution in [0.2, 0.25) is 0 Å². The third kappa shape index (κ3) is 2.92. The van der Waals surface area contributed by atoms with E-state index in [2.05, 4.69) is 4.74 Å². The van der Waals surface area contributed by atoms with Crippen molar-refractivity contribution in [1.29, 1.82) is 0 Å². The van der Waals surface area contributed by atoms with Gasteiger partial charge in [0.05, 0.1) is 7.11 Å². The zero-order valence-corrected chi connectivity index (χ0v) is 8.24. The monoisotopic (exact) mass is 213 g/mol. The second kappa shape index (κ2) is 4.75. The second-order valence-electron chi connectivity index (χ2n) is 3.12. The van der Waals surface area contributed by atoms with E-state index in [1.54, 1.807) is 0 Å². The zero-order valence-electron chi connectivity index (χ0n) is 8.24. The molecule has 0 heterocycles. The van der Waals surface area contributed by atoms with Crippen molar-refractivity contribution in [2.45, 2.75) is 12.5 Å². The highest BCUT2D eigenvalue weighted by atomic mass is 19.1. The fraction of sp³-hybridized carbons (Fsp3) is 0.300. The number of ether oxygens (including phenoxy) is 1. The minimum absolute atomic E-state index is 0.195. The van der Waals surface area contributed by atoms with Crippen molar-refractivity contribution in [2.75, 3.05) is 7.11 Å². The van der Waals surface area contributed by atoms with E-state index in [-0.39, 0.29) is 6.42 Å². The van der Waals surface area contributed by atoms with Crippen molar-refractivity contribution in [1.82, 2.24) is 0 Å². The molecular formula is C10H12FNO3. The first-order valence-electron chi connectivity index (χ1n) is 4.35. The summed E-state index contributed by atoms with van der Waals surface area (Å²) in [5.74, 6) is -1.70. The number of phenols is 1. The van der Waals surface area contributed by atoms with Gasteiger partial charge in [-0.05, 0) is 24.1 Å². The molecule has 0 aromatic heterocycles. The summed E-state index contributed by atoms with van der Waals surface area (Å²) in [5, 5.41) is 9.08. The maximum absolute atomic E-state index is 12.7. The molecule has 1 atom stereocenters. The van der Waals surface area contributed by atoms with Crippen molar-refractivity contribution >= 4 is 5.97 Å². The number of methoxy groups -OCH3 is 1. The Labute approximate surface area is 86.5 Å². The number of carbonyl (C=O) groups is 1. The molecule has 0 aliphatic carbocycles. The fourth-order valence-corrected chi connectivity index (χ4v) is 1.17. The van der Waals surface area contributed by atoms with Gasteiger partial charge in [0.15, 0.2) is 11.6 Å². The molecule has 0 spiro atoms. The number of hydrogen-bond donors (Lipinski definition) is 2. The molecule has 15 heavy (non-hydrogen) atoms. The van der Waals surface area contributed by atoms with Gasteiger partial charge in [0.2, 0.25) is 0 Å². The van der Waals surface area contributed by atoms with Crippen LogP contribution in [-0.2, 0) is 16.0 Å². The largest absolute Gasteiger partial charge is 0.505 e. The highest BCUT2D eigenvalue weighted by Crippen LogP contribution is 2.17. The third-order valence-electron chi connectivity index (χ3n) is 1.97. The number of benzene rings is 1. The minimum Gasteiger partial charge on any atom is -0.505 e. The van der Waals surface area contributed by atoms with Crippen LogP contribution in [0.15, 0.2) is 18.2 Å². The molecule has 1 aromatic rings. The molecule has 0 unspecified atom stereocenters. The standard InChI is InChI=1S/C10H12FNO3/c1-15-10(14)8(12)4-6-2-3-7(11)9(13)5-6/h2-3,5,8,13H,4,12H2,1H3/t8-/m1/s1. The smallest absolute Gasteiger partial charge is 0.322 e. The highest BCUT2D eigenvalue weighted by Gasteiger charge is 2.14. The van der Waals surface area contributed by atoms with Gasteiger partial charge in [-0.15, -0.1) is 0 Å². The van der Waals surface area contributed by atoms with E-state index in [0.29, 0.717) is 5.56 Å². The third-order valence-corrected chi connectivity index (χ3v) is 1.97. The number of esters is 1. The van der Waals surface area contributed by atoms with E-state index >= 15 is 0 Å². The number of rotatable bonds is 3. The minimum atomic E-state index is -0.806. The van der Waals surface area contributed by atoms with Crippen LogP contribution in [0, 0.1) is 5.82 Å². The SMILES string of the molecule is COC(=O)[C@H](N)Cc1ccc(F)c(O)c1. The van der Waals surface area contributed by atoms with Crippen molar-refractivity contribution in [2.24, 2.45) is 5.73 Å². The molecule has 0 aliphatic rings. The lowest BCUT2D eigenvalue weighted by Crippen LogP contribution is -2.33. The van der Waals surface area contributed by atoms with E-state index in [9.17, 15) is 9.18 Å². The van der Waals surface area contributed by atoms with Crippen molar-refractivity contribution in [3.8, 4) is 5.75 Å². The first kappa shape index (κ1) is 11.5. The highest BCUT2D eigenvalue weighted by molar-refractivity contribution is 5.75. The topological polar surface area (TPSA) is 72.5 Å². The summed E-state index contributed by atoms with van der Waals surface area (Å²) in [6.07, 6.45) is 0.195. The van der Waals surface area contributed by atoms with E-state index < -0.39 is 23.6 Å². The second-order valence-corrected chi connectivity index (χ2v) is 3.12. The van der Waals surface area contributed by atoms with Gasteiger partial charge in [0.25, 0.3) is 0 Å². The number of nitrogens with two attached hydrogens (primary N) is 1. The van der Waals surface area contributed by atoms with Crippen LogP contribution in [0.4, 0.5) is 4.39 Å². The molecule has 1 aromatic carbocycles. The Morgan fingerprint density at radius 3 is 2.87 bits per heavy atom. The summed E-state index contributed by atoms with van der Waals surface area (Å²) in [4.78, 5) is 11.0. The Kier molecular flexibility index (Phi) is 3.62. The summed E-state index contributed by atoms with van der Waals surface area (Å²) in [6, 6.07) is 3.00. The molecule has 0 amide bonds. The van der Waals surface area contributed by atoms with E-state index in [0.717, 1.165) is 6.07 Å². The summed E-state index contributed by atoms with van der Waals surface area (Å²) < 4.78 is 17.1.